The molecule has 4 heteroatoms. The lowest BCUT2D eigenvalue weighted by Gasteiger charge is -2.14. The third-order valence-electron chi connectivity index (χ3n) is 2.30. The molecule has 0 aliphatic heterocycles. The molecule has 1 heterocycles. The first-order valence-electron chi connectivity index (χ1n) is 4.65. The molecular weight excluding hydrogens is 190 g/mol. The number of fused-ring (bicyclic) bond motifs is 1. The number of rotatable bonds is 2. The first-order valence-corrected chi connectivity index (χ1v) is 4.65. The summed E-state index contributed by atoms with van der Waals surface area (Å²) in [6.07, 6.45) is 0. The van der Waals surface area contributed by atoms with Crippen molar-refractivity contribution in [1.29, 1.82) is 0 Å². The number of nitrogens with two attached hydrogens (primary N) is 1. The molecule has 0 aliphatic carbocycles. The second-order valence-electron chi connectivity index (χ2n) is 3.30. The second-order valence-corrected chi connectivity index (χ2v) is 3.30. The van der Waals surface area contributed by atoms with Crippen LogP contribution in [0.4, 0.5) is 11.5 Å². The summed E-state index contributed by atoms with van der Waals surface area (Å²) in [6, 6.07) is 9.51. The Morgan fingerprint density at radius 3 is 2.80 bits per heavy atom. The van der Waals surface area contributed by atoms with Crippen molar-refractivity contribution in [2.45, 2.75) is 0 Å². The topological polar surface area (TPSA) is 51.4 Å². The monoisotopic (exact) mass is 203 g/mol. The SMILES string of the molecule is CON(C)c1ccc2cc(N)ccc2n1. The maximum absolute atomic E-state index is 5.69. The lowest BCUT2D eigenvalue weighted by molar-refractivity contribution is 0.182. The van der Waals surface area contributed by atoms with Crippen LogP contribution in [-0.4, -0.2) is 19.1 Å². The molecule has 0 fully saturated rings. The molecular formula is C11H13N3O. The average molecular weight is 203 g/mol. The highest BCUT2D eigenvalue weighted by molar-refractivity contribution is 5.83. The maximum Gasteiger partial charge on any atom is 0.152 e. The van der Waals surface area contributed by atoms with E-state index in [0.717, 1.165) is 22.4 Å². The quantitative estimate of drug-likeness (QED) is 0.597. The minimum atomic E-state index is 0.747. The lowest BCUT2D eigenvalue weighted by Crippen LogP contribution is -2.15. The molecule has 0 amide bonds. The Labute approximate surface area is 88.2 Å². The van der Waals surface area contributed by atoms with E-state index in [1.807, 2.05) is 37.4 Å². The number of aromatic nitrogens is 1. The van der Waals surface area contributed by atoms with Gasteiger partial charge in [-0.2, -0.15) is 0 Å². The molecule has 78 valence electrons. The van der Waals surface area contributed by atoms with Gasteiger partial charge in [0.25, 0.3) is 0 Å². The van der Waals surface area contributed by atoms with Gasteiger partial charge < -0.3 is 5.73 Å². The lowest BCUT2D eigenvalue weighted by atomic mass is 10.2. The van der Waals surface area contributed by atoms with Crippen LogP contribution in [-0.2, 0) is 4.84 Å². The summed E-state index contributed by atoms with van der Waals surface area (Å²) >= 11 is 0. The van der Waals surface area contributed by atoms with Gasteiger partial charge in [0.2, 0.25) is 0 Å². The number of nitrogen functional groups attached to an aromatic ring is 1. The van der Waals surface area contributed by atoms with Crippen molar-refractivity contribution in [1.82, 2.24) is 4.98 Å². The zero-order valence-electron chi connectivity index (χ0n) is 8.77. The first-order chi connectivity index (χ1) is 7.20. The van der Waals surface area contributed by atoms with Gasteiger partial charge in [0.05, 0.1) is 12.6 Å². The molecule has 0 radical (unpaired) electrons. The number of pyridine rings is 1. The third-order valence-corrected chi connectivity index (χ3v) is 2.30. The summed E-state index contributed by atoms with van der Waals surface area (Å²) in [6.45, 7) is 0. The fourth-order valence-electron chi connectivity index (χ4n) is 1.40. The van der Waals surface area contributed by atoms with E-state index >= 15 is 0 Å². The van der Waals surface area contributed by atoms with Crippen LogP contribution in [0.5, 0.6) is 0 Å². The van der Waals surface area contributed by atoms with E-state index in [-0.39, 0.29) is 0 Å². The molecule has 0 unspecified atom stereocenters. The number of hydrogen-bond donors (Lipinski definition) is 1. The van der Waals surface area contributed by atoms with Crippen LogP contribution in [0.3, 0.4) is 0 Å². The van der Waals surface area contributed by atoms with Crippen molar-refractivity contribution in [3.05, 3.63) is 30.3 Å². The van der Waals surface area contributed by atoms with Crippen LogP contribution < -0.4 is 10.8 Å². The molecule has 0 bridgehead atoms. The Morgan fingerprint density at radius 2 is 2.07 bits per heavy atom. The summed E-state index contributed by atoms with van der Waals surface area (Å²) in [5.41, 5.74) is 7.34. The molecule has 0 saturated heterocycles. The Bertz CT molecular complexity index is 484. The highest BCUT2D eigenvalue weighted by Crippen LogP contribution is 2.19. The van der Waals surface area contributed by atoms with Crippen molar-refractivity contribution in [3.8, 4) is 0 Å². The fraction of sp³-hybridized carbons (Fsp3) is 0.182. The van der Waals surface area contributed by atoms with Gasteiger partial charge in [-0.25, -0.2) is 10.0 Å². The minimum absolute atomic E-state index is 0.747. The molecule has 2 N–H and O–H groups in total. The van der Waals surface area contributed by atoms with Crippen LogP contribution in [0.15, 0.2) is 30.3 Å². The standard InChI is InChI=1S/C11H13N3O/c1-14(15-2)11-6-3-8-7-9(12)4-5-10(8)13-11/h3-7H,12H2,1-2H3. The van der Waals surface area contributed by atoms with Gasteiger partial charge in [0.1, 0.15) is 0 Å². The van der Waals surface area contributed by atoms with Crippen LogP contribution in [0.2, 0.25) is 0 Å². The van der Waals surface area contributed by atoms with E-state index in [2.05, 4.69) is 4.98 Å². The van der Waals surface area contributed by atoms with E-state index in [0.29, 0.717) is 0 Å². The third kappa shape index (κ3) is 1.85. The van der Waals surface area contributed by atoms with E-state index in [1.165, 1.54) is 0 Å². The van der Waals surface area contributed by atoms with Crippen molar-refractivity contribution in [2.24, 2.45) is 0 Å². The van der Waals surface area contributed by atoms with E-state index in [1.54, 1.807) is 12.2 Å². The summed E-state index contributed by atoms with van der Waals surface area (Å²) in [5.74, 6) is 0.773. The summed E-state index contributed by atoms with van der Waals surface area (Å²) < 4.78 is 0. The average Bonchev–Trinajstić information content (AvgIpc) is 2.27. The number of hydrogen-bond acceptors (Lipinski definition) is 4. The van der Waals surface area contributed by atoms with Crippen molar-refractivity contribution in [3.63, 3.8) is 0 Å². The summed E-state index contributed by atoms with van der Waals surface area (Å²) in [4.78, 5) is 9.49. The molecule has 0 saturated carbocycles. The van der Waals surface area contributed by atoms with E-state index < -0.39 is 0 Å². The molecule has 4 nitrogen and oxygen atoms in total. The van der Waals surface area contributed by atoms with E-state index in [4.69, 9.17) is 10.6 Å². The number of hydroxylamine groups is 1. The molecule has 2 rings (SSSR count). The number of anilines is 2. The summed E-state index contributed by atoms with van der Waals surface area (Å²) in [7, 11) is 3.42. The predicted molar refractivity (Wildman–Crippen MR) is 61.6 cm³/mol. The fourth-order valence-corrected chi connectivity index (χ4v) is 1.40. The molecule has 2 aromatic rings. The zero-order chi connectivity index (χ0) is 10.8. The molecule has 0 atom stereocenters. The van der Waals surface area contributed by atoms with Gasteiger partial charge in [0, 0.05) is 18.1 Å². The van der Waals surface area contributed by atoms with Crippen molar-refractivity contribution >= 4 is 22.4 Å². The molecule has 0 spiro atoms. The summed E-state index contributed by atoms with van der Waals surface area (Å²) in [5, 5.41) is 2.64. The van der Waals surface area contributed by atoms with Gasteiger partial charge in [-0.3, -0.25) is 4.84 Å². The smallest absolute Gasteiger partial charge is 0.152 e. The van der Waals surface area contributed by atoms with Gasteiger partial charge in [-0.15, -0.1) is 0 Å². The largest absolute Gasteiger partial charge is 0.399 e. The van der Waals surface area contributed by atoms with Gasteiger partial charge >= 0.3 is 0 Å². The highest BCUT2D eigenvalue weighted by Gasteiger charge is 2.02. The molecule has 1 aromatic carbocycles. The zero-order valence-corrected chi connectivity index (χ0v) is 8.77. The minimum Gasteiger partial charge on any atom is -0.399 e. The number of nitrogens with zero attached hydrogens (tertiary/aromatic N) is 2. The van der Waals surface area contributed by atoms with E-state index in [9.17, 15) is 0 Å². The van der Waals surface area contributed by atoms with Crippen molar-refractivity contribution < 1.29 is 4.84 Å². The number of benzene rings is 1. The van der Waals surface area contributed by atoms with Crippen LogP contribution in [0.25, 0.3) is 10.9 Å². The Balaban J connectivity index is 2.52. The Morgan fingerprint density at radius 1 is 1.27 bits per heavy atom. The van der Waals surface area contributed by atoms with Crippen LogP contribution in [0, 0.1) is 0 Å². The molecule has 0 aliphatic rings. The highest BCUT2D eigenvalue weighted by atomic mass is 16.7. The van der Waals surface area contributed by atoms with Crippen LogP contribution >= 0.6 is 0 Å². The van der Waals surface area contributed by atoms with Crippen molar-refractivity contribution in [2.75, 3.05) is 25.0 Å². The van der Waals surface area contributed by atoms with Gasteiger partial charge in [-0.05, 0) is 30.3 Å². The molecule has 1 aromatic heterocycles. The first kappa shape index (κ1) is 9.73. The normalized spacial score (nSPS) is 10.5. The maximum atomic E-state index is 5.69. The van der Waals surface area contributed by atoms with Gasteiger partial charge in [0.15, 0.2) is 5.82 Å². The van der Waals surface area contributed by atoms with Gasteiger partial charge in [-0.1, -0.05) is 0 Å². The van der Waals surface area contributed by atoms with Crippen LogP contribution in [0.1, 0.15) is 0 Å². The Kier molecular flexibility index (Phi) is 2.43. The predicted octanol–water partition coefficient (Wildman–Crippen LogP) is 1.81. The second kappa shape index (κ2) is 3.74. The Hall–Kier alpha value is -1.81. The molecule has 15 heavy (non-hydrogen) atoms.